The lowest BCUT2D eigenvalue weighted by molar-refractivity contribution is 0.480. The van der Waals surface area contributed by atoms with Crippen molar-refractivity contribution in [3.63, 3.8) is 0 Å². The number of ether oxygens (including phenoxy) is 1. The number of rotatable bonds is 4. The van der Waals surface area contributed by atoms with Crippen LogP contribution in [0.15, 0.2) is 30.6 Å². The standard InChI is InChI=1S/C14H15N3O/c1-3-6-17-10-14(9-16-17)18-13-5-4-12(8-15)11(2)7-13/h4-5,7,9-10H,3,6H2,1-2H3. The fourth-order valence-corrected chi connectivity index (χ4v) is 1.71. The molecule has 0 aliphatic heterocycles. The fraction of sp³-hybridized carbons (Fsp3) is 0.286. The van der Waals surface area contributed by atoms with Crippen molar-refractivity contribution in [1.29, 1.82) is 5.26 Å². The highest BCUT2D eigenvalue weighted by Crippen LogP contribution is 2.23. The van der Waals surface area contributed by atoms with Gasteiger partial charge in [-0.2, -0.15) is 10.4 Å². The van der Waals surface area contributed by atoms with E-state index in [4.69, 9.17) is 10.00 Å². The van der Waals surface area contributed by atoms with Gasteiger partial charge in [0.2, 0.25) is 0 Å². The van der Waals surface area contributed by atoms with Crippen LogP contribution in [0, 0.1) is 18.3 Å². The van der Waals surface area contributed by atoms with E-state index in [1.54, 1.807) is 18.3 Å². The number of benzene rings is 1. The summed E-state index contributed by atoms with van der Waals surface area (Å²) in [4.78, 5) is 0. The maximum Gasteiger partial charge on any atom is 0.165 e. The zero-order chi connectivity index (χ0) is 13.0. The predicted molar refractivity (Wildman–Crippen MR) is 68.5 cm³/mol. The molecule has 4 heteroatoms. The highest BCUT2D eigenvalue weighted by molar-refractivity contribution is 5.42. The highest BCUT2D eigenvalue weighted by atomic mass is 16.5. The van der Waals surface area contributed by atoms with Gasteiger partial charge in [0, 0.05) is 6.54 Å². The molecule has 92 valence electrons. The van der Waals surface area contributed by atoms with Crippen molar-refractivity contribution in [2.24, 2.45) is 0 Å². The average molecular weight is 241 g/mol. The van der Waals surface area contributed by atoms with Crippen LogP contribution in [-0.4, -0.2) is 9.78 Å². The van der Waals surface area contributed by atoms with Crippen molar-refractivity contribution in [2.75, 3.05) is 0 Å². The van der Waals surface area contributed by atoms with Gasteiger partial charge in [0.25, 0.3) is 0 Å². The number of aromatic nitrogens is 2. The predicted octanol–water partition coefficient (Wildman–Crippen LogP) is 3.27. The zero-order valence-corrected chi connectivity index (χ0v) is 10.6. The highest BCUT2D eigenvalue weighted by Gasteiger charge is 2.03. The Morgan fingerprint density at radius 1 is 1.39 bits per heavy atom. The van der Waals surface area contributed by atoms with Crippen molar-refractivity contribution in [1.82, 2.24) is 9.78 Å². The second-order valence-electron chi connectivity index (χ2n) is 4.13. The third kappa shape index (κ3) is 2.69. The first-order chi connectivity index (χ1) is 8.72. The fourth-order valence-electron chi connectivity index (χ4n) is 1.71. The van der Waals surface area contributed by atoms with E-state index < -0.39 is 0 Å². The minimum absolute atomic E-state index is 0.670. The molecule has 0 spiro atoms. The average Bonchev–Trinajstić information content (AvgIpc) is 2.77. The molecule has 0 atom stereocenters. The third-order valence-corrected chi connectivity index (χ3v) is 2.62. The van der Waals surface area contributed by atoms with E-state index >= 15 is 0 Å². The van der Waals surface area contributed by atoms with E-state index in [1.807, 2.05) is 23.9 Å². The Bertz CT molecular complexity index is 581. The van der Waals surface area contributed by atoms with Crippen LogP contribution in [0.25, 0.3) is 0 Å². The maximum absolute atomic E-state index is 8.86. The zero-order valence-electron chi connectivity index (χ0n) is 10.6. The molecule has 2 rings (SSSR count). The molecule has 0 bridgehead atoms. The first-order valence-electron chi connectivity index (χ1n) is 5.94. The number of nitrogens with zero attached hydrogens (tertiary/aromatic N) is 3. The molecule has 1 aromatic carbocycles. The van der Waals surface area contributed by atoms with Crippen LogP contribution in [0.1, 0.15) is 24.5 Å². The molecule has 0 N–H and O–H groups in total. The summed E-state index contributed by atoms with van der Waals surface area (Å²) < 4.78 is 7.55. The van der Waals surface area contributed by atoms with Crippen LogP contribution in [0.2, 0.25) is 0 Å². The Morgan fingerprint density at radius 2 is 2.22 bits per heavy atom. The van der Waals surface area contributed by atoms with Gasteiger partial charge in [0.1, 0.15) is 5.75 Å². The lowest BCUT2D eigenvalue weighted by Gasteiger charge is -2.04. The van der Waals surface area contributed by atoms with Crippen LogP contribution in [0.4, 0.5) is 0 Å². The number of hydrogen-bond donors (Lipinski definition) is 0. The lowest BCUT2D eigenvalue weighted by Crippen LogP contribution is -1.95. The van der Waals surface area contributed by atoms with Crippen LogP contribution in [-0.2, 0) is 6.54 Å². The van der Waals surface area contributed by atoms with E-state index in [-0.39, 0.29) is 0 Å². The molecule has 0 unspecified atom stereocenters. The maximum atomic E-state index is 8.86. The smallest absolute Gasteiger partial charge is 0.165 e. The van der Waals surface area contributed by atoms with Gasteiger partial charge in [-0.3, -0.25) is 4.68 Å². The van der Waals surface area contributed by atoms with Crippen LogP contribution >= 0.6 is 0 Å². The number of nitriles is 1. The molecule has 0 saturated carbocycles. The molecule has 1 aromatic heterocycles. The van der Waals surface area contributed by atoms with E-state index in [1.165, 1.54) is 0 Å². The van der Waals surface area contributed by atoms with Crippen LogP contribution in [0.3, 0.4) is 0 Å². The summed E-state index contributed by atoms with van der Waals surface area (Å²) in [6.07, 6.45) is 4.61. The number of aryl methyl sites for hydroxylation is 2. The second kappa shape index (κ2) is 5.37. The monoisotopic (exact) mass is 241 g/mol. The minimum atomic E-state index is 0.670. The van der Waals surface area contributed by atoms with Crippen LogP contribution < -0.4 is 4.74 Å². The van der Waals surface area contributed by atoms with Gasteiger partial charge in [0.15, 0.2) is 5.75 Å². The van der Waals surface area contributed by atoms with Crippen molar-refractivity contribution < 1.29 is 4.74 Å². The Hall–Kier alpha value is -2.28. The topological polar surface area (TPSA) is 50.8 Å². The summed E-state index contributed by atoms with van der Waals surface area (Å²) in [6, 6.07) is 7.55. The van der Waals surface area contributed by atoms with E-state index in [0.717, 1.165) is 24.3 Å². The Morgan fingerprint density at radius 3 is 2.89 bits per heavy atom. The molecule has 2 aromatic rings. The van der Waals surface area contributed by atoms with Gasteiger partial charge in [-0.15, -0.1) is 0 Å². The van der Waals surface area contributed by atoms with Crippen molar-refractivity contribution in [2.45, 2.75) is 26.8 Å². The van der Waals surface area contributed by atoms with Gasteiger partial charge in [-0.05, 0) is 37.1 Å². The lowest BCUT2D eigenvalue weighted by atomic mass is 10.1. The van der Waals surface area contributed by atoms with Gasteiger partial charge in [0.05, 0.1) is 24.0 Å². The molecule has 0 aliphatic carbocycles. The van der Waals surface area contributed by atoms with E-state index in [9.17, 15) is 0 Å². The largest absolute Gasteiger partial charge is 0.454 e. The van der Waals surface area contributed by atoms with Crippen molar-refractivity contribution >= 4 is 0 Å². The molecular weight excluding hydrogens is 226 g/mol. The second-order valence-corrected chi connectivity index (χ2v) is 4.13. The quantitative estimate of drug-likeness (QED) is 0.825. The summed E-state index contributed by atoms with van der Waals surface area (Å²) in [5, 5.41) is 13.1. The number of hydrogen-bond acceptors (Lipinski definition) is 3. The molecule has 0 radical (unpaired) electrons. The molecular formula is C14H15N3O. The molecule has 1 heterocycles. The Labute approximate surface area is 106 Å². The molecule has 0 aliphatic rings. The molecule has 0 fully saturated rings. The first-order valence-corrected chi connectivity index (χ1v) is 5.94. The van der Waals surface area contributed by atoms with Gasteiger partial charge in [-0.25, -0.2) is 0 Å². The van der Waals surface area contributed by atoms with Gasteiger partial charge >= 0.3 is 0 Å². The first kappa shape index (κ1) is 12.2. The molecule has 0 saturated heterocycles. The van der Waals surface area contributed by atoms with E-state index in [0.29, 0.717) is 11.3 Å². The van der Waals surface area contributed by atoms with Crippen molar-refractivity contribution in [3.05, 3.63) is 41.7 Å². The van der Waals surface area contributed by atoms with Gasteiger partial charge < -0.3 is 4.74 Å². The van der Waals surface area contributed by atoms with E-state index in [2.05, 4.69) is 18.1 Å². The molecule has 0 amide bonds. The molecule has 18 heavy (non-hydrogen) atoms. The normalized spacial score (nSPS) is 10.1. The summed E-state index contributed by atoms with van der Waals surface area (Å²) in [6.45, 7) is 4.88. The van der Waals surface area contributed by atoms with Gasteiger partial charge in [-0.1, -0.05) is 6.92 Å². The Balaban J connectivity index is 2.13. The van der Waals surface area contributed by atoms with Crippen molar-refractivity contribution in [3.8, 4) is 17.6 Å². The summed E-state index contributed by atoms with van der Waals surface area (Å²) >= 11 is 0. The summed E-state index contributed by atoms with van der Waals surface area (Å²) in [7, 11) is 0. The molecule has 4 nitrogen and oxygen atoms in total. The van der Waals surface area contributed by atoms with Crippen LogP contribution in [0.5, 0.6) is 11.5 Å². The Kier molecular flexibility index (Phi) is 3.63. The minimum Gasteiger partial charge on any atom is -0.454 e. The SMILES string of the molecule is CCCn1cc(Oc2ccc(C#N)c(C)c2)cn1. The third-order valence-electron chi connectivity index (χ3n) is 2.62. The summed E-state index contributed by atoms with van der Waals surface area (Å²) in [5.41, 5.74) is 1.58. The summed E-state index contributed by atoms with van der Waals surface area (Å²) in [5.74, 6) is 1.44.